The maximum absolute atomic E-state index is 9.35. The maximum atomic E-state index is 9.35. The standard InChI is InChI=1S/C15H14BrClO2/c16-15-8-13(19-10-12(18)9-17)6-7-14(15)11-4-2-1-3-5-11/h1-8,12,18H,9-10H2/t12-/m1/s1. The Balaban J connectivity index is 2.14. The first-order chi connectivity index (χ1) is 9.20. The van der Waals surface area contributed by atoms with Crippen LogP contribution in [-0.4, -0.2) is 23.7 Å². The highest BCUT2D eigenvalue weighted by molar-refractivity contribution is 9.10. The van der Waals surface area contributed by atoms with E-state index in [1.54, 1.807) is 0 Å². The lowest BCUT2D eigenvalue weighted by atomic mass is 10.1. The topological polar surface area (TPSA) is 29.5 Å². The van der Waals surface area contributed by atoms with Crippen molar-refractivity contribution in [1.29, 1.82) is 0 Å². The smallest absolute Gasteiger partial charge is 0.120 e. The average Bonchev–Trinajstić information content (AvgIpc) is 2.45. The summed E-state index contributed by atoms with van der Waals surface area (Å²) in [5.74, 6) is 0.874. The monoisotopic (exact) mass is 340 g/mol. The summed E-state index contributed by atoms with van der Waals surface area (Å²) in [5, 5.41) is 9.35. The number of aliphatic hydroxyl groups is 1. The van der Waals surface area contributed by atoms with Gasteiger partial charge in [-0.1, -0.05) is 46.3 Å². The van der Waals surface area contributed by atoms with E-state index in [0.29, 0.717) is 5.75 Å². The molecule has 0 radical (unpaired) electrons. The van der Waals surface area contributed by atoms with Crippen molar-refractivity contribution in [3.8, 4) is 16.9 Å². The molecule has 0 spiro atoms. The predicted molar refractivity (Wildman–Crippen MR) is 81.8 cm³/mol. The maximum Gasteiger partial charge on any atom is 0.120 e. The Morgan fingerprint density at radius 1 is 1.16 bits per heavy atom. The minimum Gasteiger partial charge on any atom is -0.491 e. The van der Waals surface area contributed by atoms with Crippen LogP contribution in [0.2, 0.25) is 0 Å². The number of alkyl halides is 1. The summed E-state index contributed by atoms with van der Waals surface area (Å²) in [4.78, 5) is 0. The Hall–Kier alpha value is -1.03. The van der Waals surface area contributed by atoms with Crippen LogP contribution in [0.15, 0.2) is 53.0 Å². The van der Waals surface area contributed by atoms with Crippen LogP contribution in [-0.2, 0) is 0 Å². The van der Waals surface area contributed by atoms with Crippen LogP contribution >= 0.6 is 27.5 Å². The fourth-order valence-corrected chi connectivity index (χ4v) is 2.35. The summed E-state index contributed by atoms with van der Waals surface area (Å²) in [6.07, 6.45) is -0.644. The molecule has 2 nitrogen and oxygen atoms in total. The Bertz CT molecular complexity index is 531. The summed E-state index contributed by atoms with van der Waals surface area (Å²) < 4.78 is 6.42. The van der Waals surface area contributed by atoms with E-state index in [-0.39, 0.29) is 12.5 Å². The first-order valence-electron chi connectivity index (χ1n) is 5.92. The first-order valence-corrected chi connectivity index (χ1v) is 7.25. The van der Waals surface area contributed by atoms with Crippen LogP contribution in [0.5, 0.6) is 5.75 Å². The molecule has 0 aliphatic rings. The van der Waals surface area contributed by atoms with Gasteiger partial charge < -0.3 is 9.84 Å². The van der Waals surface area contributed by atoms with E-state index >= 15 is 0 Å². The molecule has 0 unspecified atom stereocenters. The van der Waals surface area contributed by atoms with E-state index in [9.17, 15) is 5.11 Å². The van der Waals surface area contributed by atoms with E-state index < -0.39 is 6.10 Å². The molecular weight excluding hydrogens is 328 g/mol. The molecule has 100 valence electrons. The Morgan fingerprint density at radius 2 is 1.89 bits per heavy atom. The van der Waals surface area contributed by atoms with E-state index in [0.717, 1.165) is 15.6 Å². The number of aliphatic hydroxyl groups excluding tert-OH is 1. The van der Waals surface area contributed by atoms with Gasteiger partial charge in [0.1, 0.15) is 18.5 Å². The second-order valence-electron chi connectivity index (χ2n) is 4.13. The quantitative estimate of drug-likeness (QED) is 0.830. The number of hydrogen-bond acceptors (Lipinski definition) is 2. The highest BCUT2D eigenvalue weighted by atomic mass is 79.9. The normalized spacial score (nSPS) is 12.2. The van der Waals surface area contributed by atoms with Crippen molar-refractivity contribution >= 4 is 27.5 Å². The van der Waals surface area contributed by atoms with Crippen molar-refractivity contribution in [3.63, 3.8) is 0 Å². The molecule has 2 aromatic rings. The van der Waals surface area contributed by atoms with Crippen LogP contribution < -0.4 is 4.74 Å². The van der Waals surface area contributed by atoms with Gasteiger partial charge in [0.15, 0.2) is 0 Å². The zero-order valence-electron chi connectivity index (χ0n) is 10.2. The third-order valence-corrected chi connectivity index (χ3v) is 3.66. The second kappa shape index (κ2) is 6.94. The van der Waals surface area contributed by atoms with Gasteiger partial charge in [-0.25, -0.2) is 0 Å². The Morgan fingerprint density at radius 3 is 2.53 bits per heavy atom. The van der Waals surface area contributed by atoms with Gasteiger partial charge in [0.25, 0.3) is 0 Å². The zero-order chi connectivity index (χ0) is 13.7. The molecule has 1 atom stereocenters. The SMILES string of the molecule is O[C@H](CCl)COc1ccc(-c2ccccc2)c(Br)c1. The molecule has 0 bridgehead atoms. The van der Waals surface area contributed by atoms with Crippen molar-refractivity contribution in [2.24, 2.45) is 0 Å². The third kappa shape index (κ3) is 3.96. The van der Waals surface area contributed by atoms with E-state index in [2.05, 4.69) is 28.1 Å². The molecule has 0 heterocycles. The van der Waals surface area contributed by atoms with Gasteiger partial charge >= 0.3 is 0 Å². The summed E-state index contributed by atoms with van der Waals surface area (Å²) in [6, 6.07) is 15.9. The van der Waals surface area contributed by atoms with Crippen LogP contribution in [0.25, 0.3) is 11.1 Å². The number of halogens is 2. The molecular formula is C15H14BrClO2. The molecule has 2 aromatic carbocycles. The molecule has 2 rings (SSSR count). The highest BCUT2D eigenvalue weighted by Gasteiger charge is 2.06. The number of ether oxygens (including phenoxy) is 1. The lowest BCUT2D eigenvalue weighted by molar-refractivity contribution is 0.125. The van der Waals surface area contributed by atoms with Gasteiger partial charge in [0.05, 0.1) is 5.88 Å². The van der Waals surface area contributed by atoms with Crippen LogP contribution in [0.3, 0.4) is 0 Å². The van der Waals surface area contributed by atoms with Gasteiger partial charge in [-0.2, -0.15) is 0 Å². The van der Waals surface area contributed by atoms with Gasteiger partial charge in [-0.3, -0.25) is 0 Å². The molecule has 0 fully saturated rings. The predicted octanol–water partition coefficient (Wildman–Crippen LogP) is 4.09. The number of hydrogen-bond donors (Lipinski definition) is 1. The van der Waals surface area contributed by atoms with Crippen molar-refractivity contribution < 1.29 is 9.84 Å². The molecule has 19 heavy (non-hydrogen) atoms. The number of benzene rings is 2. The fraction of sp³-hybridized carbons (Fsp3) is 0.200. The van der Waals surface area contributed by atoms with Crippen LogP contribution in [0, 0.1) is 0 Å². The molecule has 4 heteroatoms. The summed E-state index contributed by atoms with van der Waals surface area (Å²) in [5.41, 5.74) is 2.24. The summed E-state index contributed by atoms with van der Waals surface area (Å²) >= 11 is 9.05. The van der Waals surface area contributed by atoms with Gasteiger partial charge in [-0.05, 0) is 29.3 Å². The average molecular weight is 342 g/mol. The molecule has 0 saturated heterocycles. The van der Waals surface area contributed by atoms with E-state index in [4.69, 9.17) is 16.3 Å². The largest absolute Gasteiger partial charge is 0.491 e. The van der Waals surface area contributed by atoms with Crippen LogP contribution in [0.1, 0.15) is 0 Å². The molecule has 0 aromatic heterocycles. The van der Waals surface area contributed by atoms with Crippen molar-refractivity contribution in [2.45, 2.75) is 6.10 Å². The lowest BCUT2D eigenvalue weighted by Crippen LogP contribution is -2.18. The second-order valence-corrected chi connectivity index (χ2v) is 5.29. The minimum absolute atomic E-state index is 0.170. The highest BCUT2D eigenvalue weighted by Crippen LogP contribution is 2.31. The Kier molecular flexibility index (Phi) is 5.25. The van der Waals surface area contributed by atoms with E-state index in [1.807, 2.05) is 36.4 Å². The fourth-order valence-electron chi connectivity index (χ4n) is 1.67. The van der Waals surface area contributed by atoms with Crippen molar-refractivity contribution in [1.82, 2.24) is 0 Å². The van der Waals surface area contributed by atoms with Crippen LogP contribution in [0.4, 0.5) is 0 Å². The van der Waals surface area contributed by atoms with Gasteiger partial charge in [-0.15, -0.1) is 11.6 Å². The van der Waals surface area contributed by atoms with Crippen molar-refractivity contribution in [3.05, 3.63) is 53.0 Å². The molecule has 0 saturated carbocycles. The lowest BCUT2D eigenvalue weighted by Gasteiger charge is -2.11. The van der Waals surface area contributed by atoms with E-state index in [1.165, 1.54) is 0 Å². The minimum atomic E-state index is -0.644. The molecule has 0 aliphatic carbocycles. The molecule has 0 aliphatic heterocycles. The van der Waals surface area contributed by atoms with Gasteiger partial charge in [0.2, 0.25) is 0 Å². The van der Waals surface area contributed by atoms with Gasteiger partial charge in [0, 0.05) is 4.47 Å². The summed E-state index contributed by atoms with van der Waals surface area (Å²) in [7, 11) is 0. The Labute approximate surface area is 126 Å². The van der Waals surface area contributed by atoms with Crippen molar-refractivity contribution in [2.75, 3.05) is 12.5 Å². The first kappa shape index (κ1) is 14.4. The summed E-state index contributed by atoms with van der Waals surface area (Å²) in [6.45, 7) is 0.195. The zero-order valence-corrected chi connectivity index (χ0v) is 12.6. The third-order valence-electron chi connectivity index (χ3n) is 2.65. The molecule has 1 N–H and O–H groups in total. The molecule has 0 amide bonds. The number of rotatable bonds is 5.